The largest absolute Gasteiger partial charge is 0.444 e. The second kappa shape index (κ2) is 10.8. The minimum Gasteiger partial charge on any atom is -0.444 e. The molecule has 9 heteroatoms. The zero-order chi connectivity index (χ0) is 22.1. The molecule has 1 fully saturated rings. The van der Waals surface area contributed by atoms with Crippen LogP contribution in [-0.2, 0) is 14.4 Å². The molecule has 2 N–H and O–H groups in total. The molecule has 1 aliphatic heterocycles. The quantitative estimate of drug-likeness (QED) is 0.655. The molecule has 0 saturated carbocycles. The van der Waals surface area contributed by atoms with Gasteiger partial charge in [-0.15, -0.1) is 0 Å². The van der Waals surface area contributed by atoms with Crippen molar-refractivity contribution in [1.82, 2.24) is 15.8 Å². The fourth-order valence-corrected chi connectivity index (χ4v) is 3.11. The van der Waals surface area contributed by atoms with E-state index in [1.54, 1.807) is 40.0 Å². The Labute approximate surface area is 177 Å². The fraction of sp³-hybridized carbons (Fsp3) is 0.619. The van der Waals surface area contributed by atoms with Crippen LogP contribution in [0.15, 0.2) is 18.3 Å². The molecule has 0 spiro atoms. The van der Waals surface area contributed by atoms with E-state index >= 15 is 0 Å². The lowest BCUT2D eigenvalue weighted by Crippen LogP contribution is -2.41. The Morgan fingerprint density at radius 3 is 2.60 bits per heavy atom. The van der Waals surface area contributed by atoms with Crippen LogP contribution < -0.4 is 15.7 Å². The Morgan fingerprint density at radius 1 is 1.33 bits per heavy atom. The average molecular weight is 418 g/mol. The molecule has 0 bridgehead atoms. The van der Waals surface area contributed by atoms with Crippen molar-refractivity contribution in [3.8, 4) is 6.07 Å². The minimum absolute atomic E-state index is 0.147. The maximum absolute atomic E-state index is 12.1. The third-order valence-electron chi connectivity index (χ3n) is 4.57. The van der Waals surface area contributed by atoms with Gasteiger partial charge in [0.05, 0.1) is 18.2 Å². The smallest absolute Gasteiger partial charge is 0.407 e. The molecule has 0 aliphatic carbocycles. The normalized spacial score (nSPS) is 15.8. The summed E-state index contributed by atoms with van der Waals surface area (Å²) in [5.74, 6) is 0.960. The van der Waals surface area contributed by atoms with Gasteiger partial charge in [0.1, 0.15) is 17.5 Å². The van der Waals surface area contributed by atoms with Crippen LogP contribution in [0.25, 0.3) is 0 Å². The summed E-state index contributed by atoms with van der Waals surface area (Å²) in [6.07, 6.45) is 3.21. The summed E-state index contributed by atoms with van der Waals surface area (Å²) in [7, 11) is 0. The maximum atomic E-state index is 12.1. The number of nitriles is 1. The molecule has 0 aromatic carbocycles. The summed E-state index contributed by atoms with van der Waals surface area (Å²) in [4.78, 5) is 35.5. The monoisotopic (exact) mass is 417 g/mol. The molecule has 1 aromatic heterocycles. The van der Waals surface area contributed by atoms with Crippen molar-refractivity contribution >= 4 is 17.8 Å². The van der Waals surface area contributed by atoms with Gasteiger partial charge in [-0.1, -0.05) is 0 Å². The van der Waals surface area contributed by atoms with Gasteiger partial charge in [-0.05, 0) is 58.6 Å². The lowest BCUT2D eigenvalue weighted by atomic mass is 9.93. The number of pyridine rings is 1. The van der Waals surface area contributed by atoms with E-state index in [1.807, 2.05) is 6.07 Å². The van der Waals surface area contributed by atoms with Crippen molar-refractivity contribution < 1.29 is 19.2 Å². The predicted molar refractivity (Wildman–Crippen MR) is 111 cm³/mol. The van der Waals surface area contributed by atoms with Gasteiger partial charge in [0.2, 0.25) is 5.91 Å². The fourth-order valence-electron chi connectivity index (χ4n) is 3.11. The number of carbonyl (C=O) groups excluding carboxylic acids is 2. The molecule has 9 nitrogen and oxygen atoms in total. The number of piperidine rings is 1. The van der Waals surface area contributed by atoms with E-state index in [0.717, 1.165) is 31.7 Å². The molecular weight excluding hydrogens is 386 g/mol. The van der Waals surface area contributed by atoms with Crippen LogP contribution in [0.1, 0.15) is 52.5 Å². The molecule has 2 rings (SSSR count). The number of hydrogen-bond acceptors (Lipinski definition) is 7. The highest BCUT2D eigenvalue weighted by molar-refractivity contribution is 5.75. The van der Waals surface area contributed by atoms with Gasteiger partial charge in [0.25, 0.3) is 0 Å². The number of nitrogens with zero attached hydrogens (tertiary/aromatic N) is 3. The number of carbonyl (C=O) groups is 2. The Kier molecular flexibility index (Phi) is 8.42. The summed E-state index contributed by atoms with van der Waals surface area (Å²) in [6.45, 7) is 8.91. The highest BCUT2D eigenvalue weighted by Crippen LogP contribution is 2.24. The number of alkyl carbamates (subject to hydrolysis) is 1. The predicted octanol–water partition coefficient (Wildman–Crippen LogP) is 2.52. The minimum atomic E-state index is -0.565. The third-order valence-corrected chi connectivity index (χ3v) is 4.57. The van der Waals surface area contributed by atoms with E-state index in [2.05, 4.69) is 26.7 Å². The first-order chi connectivity index (χ1) is 14.2. The first kappa shape index (κ1) is 23.4. The second-order valence-electron chi connectivity index (χ2n) is 8.53. The van der Waals surface area contributed by atoms with Crippen molar-refractivity contribution in [3.63, 3.8) is 0 Å². The van der Waals surface area contributed by atoms with E-state index in [-0.39, 0.29) is 24.5 Å². The molecule has 1 aromatic rings. The molecule has 1 saturated heterocycles. The standard InChI is InChI=1S/C21H31N5O4/c1-15(24-20(28)30-21(2,3)4)14-29-25-19(27)11-16-7-9-26(10-8-16)18-6-5-17(12-22)13-23-18/h5-6,13,15-16H,7-11,14H2,1-4H3,(H,24,28)(H,25,27)/t15-/m0/s1. The number of aromatic nitrogens is 1. The molecule has 0 radical (unpaired) electrons. The topological polar surface area (TPSA) is 117 Å². The van der Waals surface area contributed by atoms with Crippen molar-refractivity contribution in [2.75, 3.05) is 24.6 Å². The van der Waals surface area contributed by atoms with Crippen LogP contribution in [0.4, 0.5) is 10.6 Å². The molecule has 2 amide bonds. The Balaban J connectivity index is 1.63. The van der Waals surface area contributed by atoms with Crippen LogP contribution in [0.5, 0.6) is 0 Å². The zero-order valence-corrected chi connectivity index (χ0v) is 18.1. The van der Waals surface area contributed by atoms with Crippen molar-refractivity contribution in [2.45, 2.75) is 58.6 Å². The molecule has 0 unspecified atom stereocenters. The number of hydrogen-bond donors (Lipinski definition) is 2. The number of nitrogens with one attached hydrogen (secondary N) is 2. The van der Waals surface area contributed by atoms with E-state index in [1.165, 1.54) is 0 Å². The average Bonchev–Trinajstić information content (AvgIpc) is 2.67. The van der Waals surface area contributed by atoms with Gasteiger partial charge in [0.15, 0.2) is 0 Å². The summed E-state index contributed by atoms with van der Waals surface area (Å²) in [5, 5.41) is 11.5. The first-order valence-corrected chi connectivity index (χ1v) is 10.2. The molecule has 2 heterocycles. The van der Waals surface area contributed by atoms with Crippen molar-refractivity contribution in [2.24, 2.45) is 5.92 Å². The Hall–Kier alpha value is -2.86. The molecule has 164 valence electrons. The maximum Gasteiger partial charge on any atom is 0.407 e. The molecule has 1 aliphatic rings. The Bertz CT molecular complexity index is 746. The molecule has 30 heavy (non-hydrogen) atoms. The van der Waals surface area contributed by atoms with E-state index in [4.69, 9.17) is 14.8 Å². The van der Waals surface area contributed by atoms with Gasteiger partial charge in [-0.25, -0.2) is 15.3 Å². The zero-order valence-electron chi connectivity index (χ0n) is 18.1. The SMILES string of the molecule is C[C@@H](CONC(=O)CC1CCN(c2ccc(C#N)cn2)CC1)NC(=O)OC(C)(C)C. The number of amides is 2. The third kappa shape index (κ3) is 8.25. The highest BCUT2D eigenvalue weighted by Gasteiger charge is 2.23. The van der Waals surface area contributed by atoms with Gasteiger partial charge < -0.3 is 15.0 Å². The Morgan fingerprint density at radius 2 is 2.03 bits per heavy atom. The van der Waals surface area contributed by atoms with Crippen molar-refractivity contribution in [3.05, 3.63) is 23.9 Å². The van der Waals surface area contributed by atoms with E-state index < -0.39 is 11.7 Å². The lowest BCUT2D eigenvalue weighted by Gasteiger charge is -2.32. The van der Waals surface area contributed by atoms with Crippen molar-refractivity contribution in [1.29, 1.82) is 5.26 Å². The van der Waals surface area contributed by atoms with Gasteiger partial charge in [0, 0.05) is 25.7 Å². The number of hydroxylamine groups is 1. The number of rotatable bonds is 7. The van der Waals surface area contributed by atoms with Gasteiger partial charge in [-0.2, -0.15) is 5.26 Å². The number of anilines is 1. The molecule has 1 atom stereocenters. The van der Waals surface area contributed by atoms with Gasteiger partial charge in [-0.3, -0.25) is 9.63 Å². The summed E-state index contributed by atoms with van der Waals surface area (Å²) >= 11 is 0. The lowest BCUT2D eigenvalue weighted by molar-refractivity contribution is -0.135. The van der Waals surface area contributed by atoms with E-state index in [0.29, 0.717) is 12.0 Å². The van der Waals surface area contributed by atoms with Gasteiger partial charge >= 0.3 is 6.09 Å². The van der Waals surface area contributed by atoms with Crippen LogP contribution in [0.2, 0.25) is 0 Å². The van der Waals surface area contributed by atoms with E-state index in [9.17, 15) is 9.59 Å². The first-order valence-electron chi connectivity index (χ1n) is 10.2. The summed E-state index contributed by atoms with van der Waals surface area (Å²) < 4.78 is 5.17. The highest BCUT2D eigenvalue weighted by atomic mass is 16.7. The summed E-state index contributed by atoms with van der Waals surface area (Å²) in [6, 6.07) is 5.38. The van der Waals surface area contributed by atoms with Crippen LogP contribution >= 0.6 is 0 Å². The van der Waals surface area contributed by atoms with Crippen LogP contribution in [0.3, 0.4) is 0 Å². The molecular formula is C21H31N5O4. The summed E-state index contributed by atoms with van der Waals surface area (Å²) in [5.41, 5.74) is 2.43. The number of ether oxygens (including phenoxy) is 1. The van der Waals surface area contributed by atoms with Crippen LogP contribution in [-0.4, -0.2) is 48.3 Å². The van der Waals surface area contributed by atoms with Crippen LogP contribution in [0, 0.1) is 17.2 Å². The second-order valence-corrected chi connectivity index (χ2v) is 8.53.